The molecule has 5 nitrogen and oxygen atoms in total. The fourth-order valence-electron chi connectivity index (χ4n) is 3.74. The molecule has 0 atom stereocenters. The molecule has 30 heavy (non-hydrogen) atoms. The minimum Gasteiger partial charge on any atom is -0.465 e. The predicted octanol–water partition coefficient (Wildman–Crippen LogP) is 5.25. The Morgan fingerprint density at radius 3 is 2.33 bits per heavy atom. The Kier molecular flexibility index (Phi) is 6.00. The summed E-state index contributed by atoms with van der Waals surface area (Å²) in [6, 6.07) is 24.6. The van der Waals surface area contributed by atoms with Gasteiger partial charge in [-0.2, -0.15) is 0 Å². The van der Waals surface area contributed by atoms with Crippen LogP contribution in [0.25, 0.3) is 11.1 Å². The summed E-state index contributed by atoms with van der Waals surface area (Å²) in [5, 5.41) is 9.17. The van der Waals surface area contributed by atoms with Gasteiger partial charge in [-0.05, 0) is 36.2 Å². The molecule has 0 unspecified atom stereocenters. The maximum atomic E-state index is 11.2. The number of carboxylic acid groups (broad SMARTS) is 1. The topological polar surface area (TPSA) is 53.0 Å². The van der Waals surface area contributed by atoms with Crippen LogP contribution in [-0.4, -0.2) is 47.2 Å². The van der Waals surface area contributed by atoms with E-state index < -0.39 is 6.09 Å². The largest absolute Gasteiger partial charge is 0.465 e. The first-order valence-electron chi connectivity index (χ1n) is 10.2. The number of hydrogen-bond donors (Lipinski definition) is 1. The SMILES string of the molecule is Cc1cccc(-c2ccc(CN3CCN(C(=O)O)CC3)c(Oc3ccccc3)c2)c1. The smallest absolute Gasteiger partial charge is 0.407 e. The Bertz CT molecular complexity index is 1010. The van der Waals surface area contributed by atoms with Gasteiger partial charge in [0.05, 0.1) is 0 Å². The normalized spacial score (nSPS) is 14.5. The minimum atomic E-state index is -0.842. The fraction of sp³-hybridized carbons (Fsp3) is 0.240. The molecule has 0 bridgehead atoms. The average molecular weight is 402 g/mol. The first kappa shape index (κ1) is 20.0. The van der Waals surface area contributed by atoms with Crippen molar-refractivity contribution in [2.45, 2.75) is 13.5 Å². The third-order valence-electron chi connectivity index (χ3n) is 5.43. The summed E-state index contributed by atoms with van der Waals surface area (Å²) in [5.74, 6) is 1.64. The van der Waals surface area contributed by atoms with Gasteiger partial charge >= 0.3 is 6.09 Å². The summed E-state index contributed by atoms with van der Waals surface area (Å²) in [4.78, 5) is 14.9. The molecule has 1 heterocycles. The number of carbonyl (C=O) groups is 1. The van der Waals surface area contributed by atoms with Crippen LogP contribution in [0.15, 0.2) is 72.8 Å². The zero-order chi connectivity index (χ0) is 20.9. The minimum absolute atomic E-state index is 0.533. The first-order valence-corrected chi connectivity index (χ1v) is 10.2. The van der Waals surface area contributed by atoms with E-state index in [1.165, 1.54) is 10.5 Å². The molecule has 4 rings (SSSR count). The fourth-order valence-corrected chi connectivity index (χ4v) is 3.74. The van der Waals surface area contributed by atoms with Gasteiger partial charge in [0.2, 0.25) is 0 Å². The van der Waals surface area contributed by atoms with Crippen molar-refractivity contribution >= 4 is 6.09 Å². The summed E-state index contributed by atoms with van der Waals surface area (Å²) < 4.78 is 6.27. The van der Waals surface area contributed by atoms with Crippen LogP contribution < -0.4 is 4.74 Å². The van der Waals surface area contributed by atoms with E-state index >= 15 is 0 Å². The van der Waals surface area contributed by atoms with Crippen LogP contribution >= 0.6 is 0 Å². The molecule has 0 radical (unpaired) electrons. The lowest BCUT2D eigenvalue weighted by molar-refractivity contribution is 0.102. The second-order valence-electron chi connectivity index (χ2n) is 7.65. The van der Waals surface area contributed by atoms with Crippen molar-refractivity contribution in [1.82, 2.24) is 9.80 Å². The second kappa shape index (κ2) is 9.01. The molecule has 0 saturated carbocycles. The van der Waals surface area contributed by atoms with Crippen molar-refractivity contribution in [2.75, 3.05) is 26.2 Å². The monoisotopic (exact) mass is 402 g/mol. The number of benzene rings is 3. The van der Waals surface area contributed by atoms with Gasteiger partial charge in [0.25, 0.3) is 0 Å². The molecule has 0 aromatic heterocycles. The number of nitrogens with zero attached hydrogens (tertiary/aromatic N) is 2. The second-order valence-corrected chi connectivity index (χ2v) is 7.65. The van der Waals surface area contributed by atoms with Crippen molar-refractivity contribution in [3.8, 4) is 22.6 Å². The zero-order valence-corrected chi connectivity index (χ0v) is 17.1. The van der Waals surface area contributed by atoms with Crippen LogP contribution in [0, 0.1) is 6.92 Å². The first-order chi connectivity index (χ1) is 14.6. The molecule has 1 aliphatic rings. The number of piperazine rings is 1. The third kappa shape index (κ3) is 4.81. The molecular weight excluding hydrogens is 376 g/mol. The van der Waals surface area contributed by atoms with E-state index in [9.17, 15) is 4.79 Å². The molecule has 3 aromatic rings. The lowest BCUT2D eigenvalue weighted by atomic mass is 10.0. The molecule has 1 N–H and O–H groups in total. The Morgan fingerprint density at radius 1 is 0.900 bits per heavy atom. The number of para-hydroxylation sites is 1. The number of hydrogen-bond acceptors (Lipinski definition) is 3. The molecule has 1 saturated heterocycles. The van der Waals surface area contributed by atoms with Crippen molar-refractivity contribution in [2.24, 2.45) is 0 Å². The highest BCUT2D eigenvalue weighted by Gasteiger charge is 2.21. The molecule has 1 fully saturated rings. The van der Waals surface area contributed by atoms with Gasteiger partial charge in [0.1, 0.15) is 11.5 Å². The van der Waals surface area contributed by atoms with E-state index in [4.69, 9.17) is 9.84 Å². The molecule has 5 heteroatoms. The van der Waals surface area contributed by atoms with E-state index in [2.05, 4.69) is 54.3 Å². The lowest BCUT2D eigenvalue weighted by Gasteiger charge is -2.33. The van der Waals surface area contributed by atoms with Gasteiger partial charge in [-0.1, -0.05) is 60.2 Å². The highest BCUT2D eigenvalue weighted by atomic mass is 16.5. The molecule has 0 aliphatic carbocycles. The highest BCUT2D eigenvalue weighted by molar-refractivity contribution is 5.67. The summed E-state index contributed by atoms with van der Waals surface area (Å²) in [6.07, 6.45) is -0.842. The van der Waals surface area contributed by atoms with Crippen LogP contribution in [0.3, 0.4) is 0 Å². The Morgan fingerprint density at radius 2 is 1.63 bits per heavy atom. The number of amides is 1. The summed E-state index contributed by atoms with van der Waals surface area (Å²) in [6.45, 7) is 5.32. The Labute approximate surface area is 177 Å². The number of ether oxygens (including phenoxy) is 1. The Balaban J connectivity index is 1.59. The summed E-state index contributed by atoms with van der Waals surface area (Å²) in [7, 11) is 0. The predicted molar refractivity (Wildman–Crippen MR) is 118 cm³/mol. The molecule has 1 aliphatic heterocycles. The van der Waals surface area contributed by atoms with Crippen LogP contribution in [0.2, 0.25) is 0 Å². The molecule has 3 aromatic carbocycles. The van der Waals surface area contributed by atoms with Crippen LogP contribution in [-0.2, 0) is 6.54 Å². The number of aryl methyl sites for hydroxylation is 1. The molecule has 0 spiro atoms. The summed E-state index contributed by atoms with van der Waals surface area (Å²) in [5.41, 5.74) is 4.59. The third-order valence-corrected chi connectivity index (χ3v) is 5.43. The summed E-state index contributed by atoms with van der Waals surface area (Å²) >= 11 is 0. The van der Waals surface area contributed by atoms with E-state index in [1.807, 2.05) is 30.3 Å². The van der Waals surface area contributed by atoms with Crippen molar-refractivity contribution in [3.63, 3.8) is 0 Å². The van der Waals surface area contributed by atoms with E-state index in [0.29, 0.717) is 13.1 Å². The van der Waals surface area contributed by atoms with Crippen LogP contribution in [0.1, 0.15) is 11.1 Å². The Hall–Kier alpha value is -3.31. The van der Waals surface area contributed by atoms with E-state index in [-0.39, 0.29) is 0 Å². The van der Waals surface area contributed by atoms with Gasteiger partial charge in [0.15, 0.2) is 0 Å². The van der Waals surface area contributed by atoms with Gasteiger partial charge in [-0.3, -0.25) is 4.90 Å². The molecule has 1 amide bonds. The van der Waals surface area contributed by atoms with Crippen LogP contribution in [0.5, 0.6) is 11.5 Å². The maximum absolute atomic E-state index is 11.2. The van der Waals surface area contributed by atoms with Gasteiger partial charge in [-0.15, -0.1) is 0 Å². The number of rotatable bonds is 5. The lowest BCUT2D eigenvalue weighted by Crippen LogP contribution is -2.47. The standard InChI is InChI=1S/C25H26N2O3/c1-19-6-5-7-20(16-19)21-10-11-22(18-26-12-14-27(15-13-26)25(28)29)24(17-21)30-23-8-3-2-4-9-23/h2-11,16-17H,12-15,18H2,1H3,(H,28,29). The van der Waals surface area contributed by atoms with Crippen LogP contribution in [0.4, 0.5) is 4.79 Å². The quantitative estimate of drug-likeness (QED) is 0.633. The van der Waals surface area contributed by atoms with Gasteiger partial charge < -0.3 is 14.7 Å². The van der Waals surface area contributed by atoms with Gasteiger partial charge in [0, 0.05) is 38.3 Å². The van der Waals surface area contributed by atoms with Crippen molar-refractivity contribution < 1.29 is 14.6 Å². The van der Waals surface area contributed by atoms with E-state index in [1.54, 1.807) is 0 Å². The zero-order valence-electron chi connectivity index (χ0n) is 17.1. The van der Waals surface area contributed by atoms with E-state index in [0.717, 1.165) is 47.8 Å². The average Bonchev–Trinajstić information content (AvgIpc) is 2.76. The van der Waals surface area contributed by atoms with Crippen molar-refractivity contribution in [1.29, 1.82) is 0 Å². The molecular formula is C25H26N2O3. The van der Waals surface area contributed by atoms with Gasteiger partial charge in [-0.25, -0.2) is 4.79 Å². The highest BCUT2D eigenvalue weighted by Crippen LogP contribution is 2.32. The maximum Gasteiger partial charge on any atom is 0.407 e. The van der Waals surface area contributed by atoms with Crippen molar-refractivity contribution in [3.05, 3.63) is 83.9 Å². The molecule has 154 valence electrons.